The van der Waals surface area contributed by atoms with E-state index in [9.17, 15) is 9.59 Å². The average molecular weight is 278 g/mol. The first kappa shape index (κ1) is 14.8. The van der Waals surface area contributed by atoms with E-state index >= 15 is 0 Å². The number of allylic oxidation sites excluding steroid dienone is 4. The summed E-state index contributed by atoms with van der Waals surface area (Å²) in [4.78, 5) is 24.3. The Morgan fingerprint density at radius 2 is 1.55 bits per heavy atom. The van der Waals surface area contributed by atoms with Gasteiger partial charge in [-0.1, -0.05) is 31.2 Å². The summed E-state index contributed by atoms with van der Waals surface area (Å²) in [5.74, 6) is -0.0977. The molecular weight excluding hydrogens is 256 g/mol. The van der Waals surface area contributed by atoms with E-state index < -0.39 is 17.4 Å². The Balaban J connectivity index is 2.32. The number of hydrogen-bond donors (Lipinski definition) is 0. The molecule has 2 aliphatic rings. The topological polar surface area (TPSA) is 52.6 Å². The van der Waals surface area contributed by atoms with Gasteiger partial charge in [0.15, 0.2) is 5.41 Å². The zero-order valence-electron chi connectivity index (χ0n) is 12.3. The minimum Gasteiger partial charge on any atom is -0.468 e. The minimum atomic E-state index is -1.15. The van der Waals surface area contributed by atoms with E-state index in [0.29, 0.717) is 18.8 Å². The summed E-state index contributed by atoms with van der Waals surface area (Å²) in [6.45, 7) is 2.16. The molecular formula is C16H22O4. The molecule has 1 fully saturated rings. The molecule has 0 radical (unpaired) electrons. The third kappa shape index (κ3) is 2.51. The summed E-state index contributed by atoms with van der Waals surface area (Å²) in [5.41, 5.74) is -1.15. The van der Waals surface area contributed by atoms with Crippen molar-refractivity contribution in [3.05, 3.63) is 24.3 Å². The van der Waals surface area contributed by atoms with Crippen LogP contribution >= 0.6 is 0 Å². The lowest BCUT2D eigenvalue weighted by atomic mass is 9.85. The van der Waals surface area contributed by atoms with Gasteiger partial charge in [0, 0.05) is 0 Å². The number of hydrogen-bond acceptors (Lipinski definition) is 4. The van der Waals surface area contributed by atoms with E-state index in [2.05, 4.69) is 31.2 Å². The first-order chi connectivity index (χ1) is 9.53. The van der Waals surface area contributed by atoms with Gasteiger partial charge in [0.2, 0.25) is 0 Å². The third-order valence-corrected chi connectivity index (χ3v) is 4.45. The number of rotatable bonds is 2. The molecule has 4 heteroatoms. The number of carbonyl (C=O) groups is 2. The van der Waals surface area contributed by atoms with E-state index in [1.54, 1.807) is 0 Å². The molecule has 2 rings (SSSR count). The second-order valence-corrected chi connectivity index (χ2v) is 5.83. The van der Waals surface area contributed by atoms with E-state index in [4.69, 9.17) is 9.47 Å². The second kappa shape index (κ2) is 5.81. The Morgan fingerprint density at radius 3 is 2.10 bits per heavy atom. The van der Waals surface area contributed by atoms with Gasteiger partial charge >= 0.3 is 11.9 Å². The lowest BCUT2D eigenvalue weighted by Gasteiger charge is -2.22. The monoisotopic (exact) mass is 278 g/mol. The van der Waals surface area contributed by atoms with Gasteiger partial charge in [-0.25, -0.2) is 0 Å². The molecule has 2 aliphatic carbocycles. The number of esters is 2. The molecule has 0 aromatic rings. The molecule has 0 bridgehead atoms. The van der Waals surface area contributed by atoms with Gasteiger partial charge in [-0.15, -0.1) is 0 Å². The Labute approximate surface area is 119 Å². The van der Waals surface area contributed by atoms with Gasteiger partial charge in [-0.05, 0) is 37.0 Å². The fraction of sp³-hybridized carbons (Fsp3) is 0.625. The molecule has 0 heterocycles. The van der Waals surface area contributed by atoms with Crippen LogP contribution in [0.25, 0.3) is 0 Å². The van der Waals surface area contributed by atoms with Crippen LogP contribution < -0.4 is 0 Å². The SMILES string of the molecule is COC(=O)C1(C(=O)OC)C[C@H]2C=C[C@@H](C)C/C=C\[C@H]2C1. The summed E-state index contributed by atoms with van der Waals surface area (Å²) >= 11 is 0. The third-order valence-electron chi connectivity index (χ3n) is 4.45. The van der Waals surface area contributed by atoms with E-state index in [1.165, 1.54) is 14.2 Å². The first-order valence-electron chi connectivity index (χ1n) is 7.05. The van der Waals surface area contributed by atoms with Crippen molar-refractivity contribution < 1.29 is 19.1 Å². The second-order valence-electron chi connectivity index (χ2n) is 5.83. The first-order valence-corrected chi connectivity index (χ1v) is 7.05. The molecule has 0 amide bonds. The van der Waals surface area contributed by atoms with Crippen LogP contribution in [0.4, 0.5) is 0 Å². The predicted molar refractivity (Wildman–Crippen MR) is 74.7 cm³/mol. The summed E-state index contributed by atoms with van der Waals surface area (Å²) in [7, 11) is 2.64. The summed E-state index contributed by atoms with van der Waals surface area (Å²) in [5, 5.41) is 0. The van der Waals surface area contributed by atoms with Gasteiger partial charge in [0.05, 0.1) is 14.2 Å². The van der Waals surface area contributed by atoms with Crippen LogP contribution in [0.2, 0.25) is 0 Å². The van der Waals surface area contributed by atoms with Crippen LogP contribution in [-0.4, -0.2) is 26.2 Å². The highest BCUT2D eigenvalue weighted by Crippen LogP contribution is 2.49. The maximum absolute atomic E-state index is 12.1. The molecule has 0 aromatic carbocycles. The average Bonchev–Trinajstić information content (AvgIpc) is 2.81. The van der Waals surface area contributed by atoms with Crippen molar-refractivity contribution in [1.82, 2.24) is 0 Å². The molecule has 1 saturated carbocycles. The smallest absolute Gasteiger partial charge is 0.323 e. The van der Waals surface area contributed by atoms with Gasteiger partial charge in [0.1, 0.15) is 0 Å². The predicted octanol–water partition coefficient (Wildman–Crippen LogP) is 2.50. The van der Waals surface area contributed by atoms with Crippen LogP contribution in [0.5, 0.6) is 0 Å². The van der Waals surface area contributed by atoms with Gasteiger partial charge in [-0.2, -0.15) is 0 Å². The van der Waals surface area contributed by atoms with Crippen LogP contribution in [0.1, 0.15) is 26.2 Å². The van der Waals surface area contributed by atoms with E-state index in [-0.39, 0.29) is 11.8 Å². The lowest BCUT2D eigenvalue weighted by molar-refractivity contribution is -0.168. The molecule has 0 aromatic heterocycles. The maximum Gasteiger partial charge on any atom is 0.323 e. The summed E-state index contributed by atoms with van der Waals surface area (Å²) in [6.07, 6.45) is 10.5. The number of carbonyl (C=O) groups excluding carboxylic acids is 2. The highest BCUT2D eigenvalue weighted by Gasteiger charge is 2.56. The molecule has 4 nitrogen and oxygen atoms in total. The summed E-state index contributed by atoms with van der Waals surface area (Å²) in [6, 6.07) is 0. The molecule has 0 unspecified atom stereocenters. The van der Waals surface area contributed by atoms with Crippen molar-refractivity contribution >= 4 is 11.9 Å². The molecule has 0 aliphatic heterocycles. The maximum atomic E-state index is 12.1. The van der Waals surface area contributed by atoms with Crippen molar-refractivity contribution in [1.29, 1.82) is 0 Å². The highest BCUT2D eigenvalue weighted by molar-refractivity contribution is 6.00. The fourth-order valence-electron chi connectivity index (χ4n) is 3.30. The Kier molecular flexibility index (Phi) is 4.31. The Bertz CT molecular complexity index is 433. The van der Waals surface area contributed by atoms with Gasteiger partial charge in [-0.3, -0.25) is 9.59 Å². The van der Waals surface area contributed by atoms with Crippen molar-refractivity contribution in [2.45, 2.75) is 26.2 Å². The largest absolute Gasteiger partial charge is 0.468 e. The minimum absolute atomic E-state index is 0.187. The summed E-state index contributed by atoms with van der Waals surface area (Å²) < 4.78 is 9.72. The van der Waals surface area contributed by atoms with Crippen molar-refractivity contribution in [2.24, 2.45) is 23.2 Å². The van der Waals surface area contributed by atoms with Crippen molar-refractivity contribution in [2.75, 3.05) is 14.2 Å². The Hall–Kier alpha value is -1.58. The Morgan fingerprint density at radius 1 is 1.00 bits per heavy atom. The molecule has 3 atom stereocenters. The van der Waals surface area contributed by atoms with Crippen LogP contribution in [-0.2, 0) is 19.1 Å². The number of methoxy groups -OCH3 is 2. The van der Waals surface area contributed by atoms with Crippen LogP contribution in [0.3, 0.4) is 0 Å². The zero-order valence-corrected chi connectivity index (χ0v) is 12.3. The molecule has 0 spiro atoms. The standard InChI is InChI=1S/C16H22O4/c1-11-5-4-6-12-9-16(14(17)19-2,15(18)20-3)10-13(12)8-7-11/h4,6-8,11-13H,5,9-10H2,1-3H3/b6-4-,8-7?/t11-,12-,13+/m0/s1. The normalized spacial score (nSPS) is 32.6. The quantitative estimate of drug-likeness (QED) is 0.442. The number of fused-ring (bicyclic) bond motifs is 1. The molecule has 0 saturated heterocycles. The highest BCUT2D eigenvalue weighted by atomic mass is 16.5. The molecule has 20 heavy (non-hydrogen) atoms. The zero-order chi connectivity index (χ0) is 14.8. The molecule has 110 valence electrons. The van der Waals surface area contributed by atoms with Crippen LogP contribution in [0, 0.1) is 23.2 Å². The van der Waals surface area contributed by atoms with Gasteiger partial charge in [0.25, 0.3) is 0 Å². The van der Waals surface area contributed by atoms with E-state index in [0.717, 1.165) is 6.42 Å². The van der Waals surface area contributed by atoms with Crippen LogP contribution in [0.15, 0.2) is 24.3 Å². The fourth-order valence-corrected chi connectivity index (χ4v) is 3.30. The van der Waals surface area contributed by atoms with E-state index in [1.807, 2.05) is 0 Å². The molecule has 0 N–H and O–H groups in total. The van der Waals surface area contributed by atoms with Crippen molar-refractivity contribution in [3.63, 3.8) is 0 Å². The number of ether oxygens (including phenoxy) is 2. The van der Waals surface area contributed by atoms with Gasteiger partial charge < -0.3 is 9.47 Å². The van der Waals surface area contributed by atoms with Crippen molar-refractivity contribution in [3.8, 4) is 0 Å². The lowest BCUT2D eigenvalue weighted by Crippen LogP contribution is -2.39.